The first-order chi connectivity index (χ1) is 27.1. The van der Waals surface area contributed by atoms with Crippen LogP contribution in [-0.2, 0) is 14.2 Å². The second kappa shape index (κ2) is 21.6. The number of hydrazine groups is 1. The van der Waals surface area contributed by atoms with Crippen molar-refractivity contribution in [3.63, 3.8) is 0 Å². The Labute approximate surface area is 340 Å². The Balaban J connectivity index is 0.000000175. The van der Waals surface area contributed by atoms with Gasteiger partial charge >= 0.3 is 0 Å². The molecule has 5 N–H and O–H groups in total. The molecule has 6 heterocycles. The monoisotopic (exact) mass is 858 g/mol. The van der Waals surface area contributed by atoms with Crippen LogP contribution in [0.1, 0.15) is 5.56 Å². The van der Waals surface area contributed by atoms with Crippen molar-refractivity contribution >= 4 is 82.4 Å². The largest absolute Gasteiger partial charge is 0.502 e. The van der Waals surface area contributed by atoms with E-state index in [0.717, 1.165) is 26.2 Å². The number of aromatic hydroxyl groups is 1. The predicted molar refractivity (Wildman–Crippen MR) is 209 cm³/mol. The Hall–Kier alpha value is -4.68. The van der Waals surface area contributed by atoms with Crippen molar-refractivity contribution in [1.29, 1.82) is 0 Å². The minimum Gasteiger partial charge on any atom is -0.502 e. The van der Waals surface area contributed by atoms with Crippen LogP contribution in [0.4, 0.5) is 29.7 Å². The molecule has 0 saturated carbocycles. The summed E-state index contributed by atoms with van der Waals surface area (Å²) in [7, 11) is 2.90. The number of nitrogens with two attached hydrogens (primary N) is 1. The fourth-order valence-corrected chi connectivity index (χ4v) is 5.64. The third kappa shape index (κ3) is 12.7. The zero-order valence-corrected chi connectivity index (χ0v) is 33.1. The van der Waals surface area contributed by atoms with Crippen molar-refractivity contribution < 1.29 is 28.8 Å². The summed E-state index contributed by atoms with van der Waals surface area (Å²) in [5, 5.41) is 14.5. The van der Waals surface area contributed by atoms with Crippen LogP contribution in [0, 0.1) is 0 Å². The second-order valence-corrected chi connectivity index (χ2v) is 12.6. The average Bonchev–Trinajstić information content (AvgIpc) is 3.22. The maximum Gasteiger partial charge on any atom is 0.249 e. The standard InChI is InChI=1S/C16H19ClN6O4.C7H8Cl2N4O.C7H11ClN6O/c1-25-11-7-10(8-12(26-2)13(11)24)9-18-22-15-19-14(17)20-16(21-15)23-3-5-27-6-4-23;8-5-10-6(9)12-7(11-5)13-1-3-14-4-2-13;8-5-10-6(13-9)12-7(11-5)14-1-3-15-4-2-14/h7-9,24H,3-6H2,1-2H3,(H,19,20,21,22);1-4H2;1-4,9H2,(H,10,11,12,13)/b18-9+;;. The van der Waals surface area contributed by atoms with Crippen molar-refractivity contribution in [3.8, 4) is 17.2 Å². The zero-order chi connectivity index (χ0) is 39.9. The summed E-state index contributed by atoms with van der Waals surface area (Å²) in [6.07, 6.45) is 1.51. The molecule has 302 valence electrons. The number of phenols is 1. The summed E-state index contributed by atoms with van der Waals surface area (Å²) in [4.78, 5) is 41.9. The molecule has 0 spiro atoms. The molecule has 7 rings (SSSR count). The number of hydrogen-bond donors (Lipinski definition) is 4. The topological polar surface area (TPSA) is 255 Å². The number of ether oxygens (including phenoxy) is 5. The number of anilines is 5. The van der Waals surface area contributed by atoms with Crippen molar-refractivity contribution in [2.75, 3.05) is 119 Å². The van der Waals surface area contributed by atoms with Gasteiger partial charge in [-0.05, 0) is 58.5 Å². The molecule has 22 nitrogen and oxygen atoms in total. The highest BCUT2D eigenvalue weighted by molar-refractivity contribution is 6.31. The molecule has 3 aliphatic rings. The van der Waals surface area contributed by atoms with E-state index in [-0.39, 0.29) is 50.3 Å². The Morgan fingerprint density at radius 2 is 1.00 bits per heavy atom. The second-order valence-electron chi connectivity index (χ2n) is 11.2. The van der Waals surface area contributed by atoms with Crippen molar-refractivity contribution in [2.24, 2.45) is 10.9 Å². The molecule has 0 bridgehead atoms. The van der Waals surface area contributed by atoms with E-state index in [2.05, 4.69) is 60.8 Å². The third-order valence-corrected chi connectivity index (χ3v) is 8.33. The summed E-state index contributed by atoms with van der Waals surface area (Å²) < 4.78 is 26.0. The van der Waals surface area contributed by atoms with Crippen molar-refractivity contribution in [3.05, 3.63) is 38.8 Å². The number of benzene rings is 1. The number of nitrogens with one attached hydrogen (secondary N) is 2. The number of rotatable bonds is 9. The number of morpholine rings is 3. The molecule has 26 heteroatoms. The molecular formula is C30H38Cl4N16O6. The van der Waals surface area contributed by atoms with E-state index in [0.29, 0.717) is 76.1 Å². The molecule has 3 aromatic heterocycles. The van der Waals surface area contributed by atoms with Gasteiger partial charge in [0.15, 0.2) is 11.5 Å². The quantitative estimate of drug-likeness (QED) is 0.107. The first-order valence-electron chi connectivity index (χ1n) is 16.7. The Kier molecular flexibility index (Phi) is 16.4. The molecule has 0 atom stereocenters. The maximum atomic E-state index is 9.94. The van der Waals surface area contributed by atoms with Crippen LogP contribution in [0.25, 0.3) is 0 Å². The smallest absolute Gasteiger partial charge is 0.249 e. The van der Waals surface area contributed by atoms with Gasteiger partial charge in [0, 0.05) is 44.8 Å². The van der Waals surface area contributed by atoms with E-state index >= 15 is 0 Å². The number of methoxy groups -OCH3 is 2. The van der Waals surface area contributed by atoms with Crippen LogP contribution in [0.5, 0.6) is 17.2 Å². The number of phenolic OH excluding ortho intramolecular Hbond substituents is 1. The van der Waals surface area contributed by atoms with Crippen LogP contribution in [0.3, 0.4) is 0 Å². The van der Waals surface area contributed by atoms with E-state index < -0.39 is 0 Å². The van der Waals surface area contributed by atoms with E-state index in [1.54, 1.807) is 12.1 Å². The lowest BCUT2D eigenvalue weighted by molar-refractivity contribution is 0.122. The zero-order valence-electron chi connectivity index (χ0n) is 30.1. The molecule has 3 aliphatic heterocycles. The minimum absolute atomic E-state index is 0.0668. The SMILES string of the molecule is COc1cc(/C=N/Nc2nc(Cl)nc(N3CCOCC3)n2)cc(OC)c1O.Clc1nc(Cl)nc(N2CCOCC2)n1.NNc1nc(Cl)nc(N2CCOCC2)n1. The van der Waals surface area contributed by atoms with Gasteiger partial charge in [-0.2, -0.15) is 50.0 Å². The lowest BCUT2D eigenvalue weighted by Crippen LogP contribution is -2.37. The maximum absolute atomic E-state index is 9.94. The number of hydrogen-bond acceptors (Lipinski definition) is 22. The summed E-state index contributed by atoms with van der Waals surface area (Å²) >= 11 is 23.1. The van der Waals surface area contributed by atoms with Gasteiger partial charge in [0.2, 0.25) is 56.6 Å². The first-order valence-corrected chi connectivity index (χ1v) is 18.3. The number of aromatic nitrogens is 9. The van der Waals surface area contributed by atoms with Gasteiger partial charge in [0.25, 0.3) is 0 Å². The van der Waals surface area contributed by atoms with Gasteiger partial charge in [-0.15, -0.1) is 0 Å². The molecule has 56 heavy (non-hydrogen) atoms. The minimum atomic E-state index is -0.0792. The summed E-state index contributed by atoms with van der Waals surface area (Å²) in [6, 6.07) is 3.23. The van der Waals surface area contributed by atoms with Gasteiger partial charge in [-0.3, -0.25) is 5.43 Å². The molecule has 0 amide bonds. The number of nitrogens with zero attached hydrogens (tertiary/aromatic N) is 13. The van der Waals surface area contributed by atoms with Gasteiger partial charge in [0.05, 0.1) is 60.1 Å². The van der Waals surface area contributed by atoms with E-state index in [4.69, 9.17) is 75.9 Å². The molecular weight excluding hydrogens is 822 g/mol. The Morgan fingerprint density at radius 1 is 0.625 bits per heavy atom. The third-order valence-electron chi connectivity index (χ3n) is 7.65. The van der Waals surface area contributed by atoms with Crippen LogP contribution in [-0.4, -0.2) is 149 Å². The number of hydrazone groups is 1. The number of halogens is 4. The van der Waals surface area contributed by atoms with Crippen LogP contribution < -0.4 is 40.9 Å². The van der Waals surface area contributed by atoms with Gasteiger partial charge in [-0.25, -0.2) is 11.3 Å². The molecule has 4 aromatic rings. The van der Waals surface area contributed by atoms with Crippen molar-refractivity contribution in [2.45, 2.75) is 0 Å². The Morgan fingerprint density at radius 3 is 1.41 bits per heavy atom. The normalized spacial score (nSPS) is 15.7. The fraction of sp³-hybridized carbons (Fsp3) is 0.467. The Bertz CT molecular complexity index is 1860. The summed E-state index contributed by atoms with van der Waals surface area (Å²) in [5.74, 6) is 7.65. The van der Waals surface area contributed by atoms with Crippen LogP contribution in [0.15, 0.2) is 17.2 Å². The molecule has 1 aromatic carbocycles. The van der Waals surface area contributed by atoms with E-state index in [1.165, 1.54) is 20.4 Å². The van der Waals surface area contributed by atoms with Crippen molar-refractivity contribution in [1.82, 2.24) is 44.9 Å². The summed E-state index contributed by atoms with van der Waals surface area (Å²) in [5.41, 5.74) is 5.71. The van der Waals surface area contributed by atoms with E-state index in [9.17, 15) is 5.11 Å². The molecule has 0 radical (unpaired) electrons. The lowest BCUT2D eigenvalue weighted by Gasteiger charge is -2.26. The van der Waals surface area contributed by atoms with Gasteiger partial charge in [-0.1, -0.05) is 0 Å². The highest BCUT2D eigenvalue weighted by atomic mass is 35.5. The lowest BCUT2D eigenvalue weighted by atomic mass is 10.2. The number of nitrogen functional groups attached to an aromatic ring is 1. The highest BCUT2D eigenvalue weighted by Crippen LogP contribution is 2.36. The highest BCUT2D eigenvalue weighted by Gasteiger charge is 2.18. The average molecular weight is 861 g/mol. The molecule has 3 saturated heterocycles. The predicted octanol–water partition coefficient (Wildman–Crippen LogP) is 2.19. The molecule has 3 fully saturated rings. The van der Waals surface area contributed by atoms with Crippen LogP contribution >= 0.6 is 46.4 Å². The van der Waals surface area contributed by atoms with Gasteiger partial charge in [0.1, 0.15) is 0 Å². The van der Waals surface area contributed by atoms with Gasteiger partial charge < -0.3 is 43.5 Å². The fourth-order valence-electron chi connectivity index (χ4n) is 4.98. The first kappa shape index (κ1) is 42.5. The molecule has 0 unspecified atom stereocenters. The summed E-state index contributed by atoms with van der Waals surface area (Å²) in [6.45, 7) is 8.20. The van der Waals surface area contributed by atoms with Crippen LogP contribution in [0.2, 0.25) is 21.1 Å². The van der Waals surface area contributed by atoms with E-state index in [1.807, 2.05) is 14.7 Å². The molecule has 0 aliphatic carbocycles.